The lowest BCUT2D eigenvalue weighted by Gasteiger charge is -2.04. The molecule has 8 heteroatoms. The van der Waals surface area contributed by atoms with Gasteiger partial charge in [-0.2, -0.15) is 4.98 Å². The number of nitrogens with zero attached hydrogens (tertiary/aromatic N) is 2. The van der Waals surface area contributed by atoms with Crippen molar-refractivity contribution >= 4 is 16.9 Å². The summed E-state index contributed by atoms with van der Waals surface area (Å²) in [5.74, 6) is -1.03. The molecular formula is C19H11FN2O5. The Hall–Kier alpha value is -3.81. The highest BCUT2D eigenvalue weighted by molar-refractivity contribution is 5.87. The van der Waals surface area contributed by atoms with E-state index in [0.29, 0.717) is 5.39 Å². The summed E-state index contributed by atoms with van der Waals surface area (Å²) in [5.41, 5.74) is -0.478. The Morgan fingerprint density at radius 2 is 1.93 bits per heavy atom. The number of esters is 1. The molecule has 2 heterocycles. The van der Waals surface area contributed by atoms with Crippen LogP contribution in [0.4, 0.5) is 4.39 Å². The monoisotopic (exact) mass is 366 g/mol. The Bertz CT molecular complexity index is 1230. The standard InChI is InChI=1S/C19H11FN2O5/c1-10(23)25-15-8-4-5-11-9-13(19(24)26-16(11)15)18-21-17(22-27-18)12-6-2-3-7-14(12)20/h2-9H,1H3. The topological polar surface area (TPSA) is 95.4 Å². The van der Waals surface area contributed by atoms with Crippen molar-refractivity contribution in [2.24, 2.45) is 0 Å². The highest BCUT2D eigenvalue weighted by atomic mass is 19.1. The van der Waals surface area contributed by atoms with E-state index in [2.05, 4.69) is 10.1 Å². The molecule has 4 aromatic rings. The van der Waals surface area contributed by atoms with Crippen LogP contribution in [-0.4, -0.2) is 16.1 Å². The molecule has 7 nitrogen and oxygen atoms in total. The highest BCUT2D eigenvalue weighted by Crippen LogP contribution is 2.28. The van der Waals surface area contributed by atoms with E-state index in [0.717, 1.165) is 0 Å². The van der Waals surface area contributed by atoms with Crippen LogP contribution in [0, 0.1) is 5.82 Å². The molecule has 0 unspecified atom stereocenters. The summed E-state index contributed by atoms with van der Waals surface area (Å²) in [6.07, 6.45) is 0. The molecule has 134 valence electrons. The maximum Gasteiger partial charge on any atom is 0.349 e. The Kier molecular flexibility index (Phi) is 4.00. The normalized spacial score (nSPS) is 10.9. The lowest BCUT2D eigenvalue weighted by molar-refractivity contribution is -0.131. The summed E-state index contributed by atoms with van der Waals surface area (Å²) in [6.45, 7) is 1.24. The second-order valence-corrected chi connectivity index (χ2v) is 5.62. The van der Waals surface area contributed by atoms with Gasteiger partial charge in [0.25, 0.3) is 5.89 Å². The van der Waals surface area contributed by atoms with E-state index in [4.69, 9.17) is 13.7 Å². The molecule has 4 rings (SSSR count). The zero-order chi connectivity index (χ0) is 19.0. The van der Waals surface area contributed by atoms with E-state index in [1.54, 1.807) is 24.3 Å². The van der Waals surface area contributed by atoms with Gasteiger partial charge in [-0.05, 0) is 24.3 Å². The van der Waals surface area contributed by atoms with Crippen LogP contribution in [0.5, 0.6) is 5.75 Å². The van der Waals surface area contributed by atoms with Gasteiger partial charge in [0.05, 0.1) is 5.56 Å². The predicted molar refractivity (Wildman–Crippen MR) is 92.5 cm³/mol. The Balaban J connectivity index is 1.81. The van der Waals surface area contributed by atoms with Gasteiger partial charge in [0.1, 0.15) is 11.4 Å². The maximum absolute atomic E-state index is 13.9. The molecule has 0 aliphatic heterocycles. The van der Waals surface area contributed by atoms with Crippen molar-refractivity contribution in [2.75, 3.05) is 0 Å². The first-order valence-corrected chi connectivity index (χ1v) is 7.87. The van der Waals surface area contributed by atoms with Crippen LogP contribution in [-0.2, 0) is 4.79 Å². The quantitative estimate of drug-likeness (QED) is 0.311. The van der Waals surface area contributed by atoms with Crippen molar-refractivity contribution in [3.05, 3.63) is 64.8 Å². The number of carbonyl (C=O) groups excluding carboxylic acids is 1. The number of benzene rings is 2. The minimum atomic E-state index is -0.758. The first-order chi connectivity index (χ1) is 13.0. The van der Waals surface area contributed by atoms with E-state index >= 15 is 0 Å². The molecule has 0 atom stereocenters. The van der Waals surface area contributed by atoms with Gasteiger partial charge in [0.15, 0.2) is 11.3 Å². The fourth-order valence-corrected chi connectivity index (χ4v) is 2.59. The van der Waals surface area contributed by atoms with Crippen LogP contribution in [0.2, 0.25) is 0 Å². The van der Waals surface area contributed by atoms with Crippen LogP contribution in [0.15, 0.2) is 62.3 Å². The summed E-state index contributed by atoms with van der Waals surface area (Å²) in [7, 11) is 0. The van der Waals surface area contributed by atoms with Crippen molar-refractivity contribution < 1.29 is 22.9 Å². The number of rotatable bonds is 3. The molecule has 2 aromatic carbocycles. The number of aromatic nitrogens is 2. The summed E-state index contributed by atoms with van der Waals surface area (Å²) in [5, 5.41) is 4.22. The molecule has 0 saturated heterocycles. The van der Waals surface area contributed by atoms with Crippen molar-refractivity contribution in [3.63, 3.8) is 0 Å². The lowest BCUT2D eigenvalue weighted by Crippen LogP contribution is -2.06. The molecule has 2 aromatic heterocycles. The molecule has 0 radical (unpaired) electrons. The minimum absolute atomic E-state index is 0.0104. The van der Waals surface area contributed by atoms with Crippen LogP contribution < -0.4 is 10.4 Å². The molecule has 0 saturated carbocycles. The van der Waals surface area contributed by atoms with Gasteiger partial charge in [0, 0.05) is 12.3 Å². The number of hydrogen-bond donors (Lipinski definition) is 0. The van der Waals surface area contributed by atoms with Gasteiger partial charge in [-0.3, -0.25) is 4.79 Å². The molecule has 0 bridgehead atoms. The summed E-state index contributed by atoms with van der Waals surface area (Å²) in [4.78, 5) is 27.7. The third kappa shape index (κ3) is 3.08. The molecule has 0 spiro atoms. The average Bonchev–Trinajstić information content (AvgIpc) is 3.11. The molecular weight excluding hydrogens is 355 g/mol. The minimum Gasteiger partial charge on any atom is -0.423 e. The molecule has 0 fully saturated rings. The number of hydrogen-bond acceptors (Lipinski definition) is 7. The second kappa shape index (κ2) is 6.49. The SMILES string of the molecule is CC(=O)Oc1cccc2cc(-c3nc(-c4ccccc4F)no3)c(=O)oc12. The van der Waals surface area contributed by atoms with Gasteiger partial charge in [-0.1, -0.05) is 29.4 Å². The zero-order valence-corrected chi connectivity index (χ0v) is 13.9. The molecule has 0 aliphatic rings. The van der Waals surface area contributed by atoms with E-state index in [-0.39, 0.29) is 34.2 Å². The van der Waals surface area contributed by atoms with E-state index in [9.17, 15) is 14.0 Å². The van der Waals surface area contributed by atoms with Gasteiger partial charge in [-0.25, -0.2) is 9.18 Å². The number of halogens is 1. The predicted octanol–water partition coefficient (Wildman–Crippen LogP) is 3.57. The van der Waals surface area contributed by atoms with E-state index in [1.807, 2.05) is 0 Å². The largest absolute Gasteiger partial charge is 0.423 e. The van der Waals surface area contributed by atoms with Crippen molar-refractivity contribution in [1.82, 2.24) is 10.1 Å². The van der Waals surface area contributed by atoms with Gasteiger partial charge >= 0.3 is 11.6 Å². The molecule has 0 amide bonds. The number of carbonyl (C=O) groups is 1. The van der Waals surface area contributed by atoms with Crippen molar-refractivity contribution in [3.8, 4) is 28.6 Å². The zero-order valence-electron chi connectivity index (χ0n) is 13.9. The van der Waals surface area contributed by atoms with Crippen LogP contribution in [0.25, 0.3) is 33.8 Å². The molecule has 0 N–H and O–H groups in total. The van der Waals surface area contributed by atoms with Crippen molar-refractivity contribution in [2.45, 2.75) is 6.92 Å². The highest BCUT2D eigenvalue weighted by Gasteiger charge is 2.19. The third-order valence-corrected chi connectivity index (χ3v) is 3.75. The van der Waals surface area contributed by atoms with Crippen LogP contribution in [0.3, 0.4) is 0 Å². The first kappa shape index (κ1) is 16.6. The van der Waals surface area contributed by atoms with Crippen LogP contribution in [0.1, 0.15) is 6.92 Å². The van der Waals surface area contributed by atoms with E-state index in [1.165, 1.54) is 31.2 Å². The number of fused-ring (bicyclic) bond motifs is 1. The first-order valence-electron chi connectivity index (χ1n) is 7.87. The second-order valence-electron chi connectivity index (χ2n) is 5.62. The van der Waals surface area contributed by atoms with Gasteiger partial charge in [-0.15, -0.1) is 0 Å². The Morgan fingerprint density at radius 3 is 2.70 bits per heavy atom. The molecule has 0 aliphatic carbocycles. The van der Waals surface area contributed by atoms with Gasteiger partial charge < -0.3 is 13.7 Å². The maximum atomic E-state index is 13.9. The van der Waals surface area contributed by atoms with Crippen LogP contribution >= 0.6 is 0 Å². The fourth-order valence-electron chi connectivity index (χ4n) is 2.59. The Labute approximate surface area is 151 Å². The summed E-state index contributed by atoms with van der Waals surface area (Å²) < 4.78 is 29.3. The number of para-hydroxylation sites is 1. The van der Waals surface area contributed by atoms with Crippen molar-refractivity contribution in [1.29, 1.82) is 0 Å². The lowest BCUT2D eigenvalue weighted by atomic mass is 10.1. The van der Waals surface area contributed by atoms with Gasteiger partial charge in [0.2, 0.25) is 5.82 Å². The third-order valence-electron chi connectivity index (χ3n) is 3.75. The smallest absolute Gasteiger partial charge is 0.349 e. The van der Waals surface area contributed by atoms with E-state index < -0.39 is 17.4 Å². The average molecular weight is 366 g/mol. The fraction of sp³-hybridized carbons (Fsp3) is 0.0526. The summed E-state index contributed by atoms with van der Waals surface area (Å²) >= 11 is 0. The number of ether oxygens (including phenoxy) is 1. The summed E-state index contributed by atoms with van der Waals surface area (Å²) in [6, 6.07) is 12.2. The Morgan fingerprint density at radius 1 is 1.11 bits per heavy atom. The molecule has 27 heavy (non-hydrogen) atoms.